The highest BCUT2D eigenvalue weighted by molar-refractivity contribution is 6.31. The van der Waals surface area contributed by atoms with E-state index in [0.717, 1.165) is 5.69 Å². The van der Waals surface area contributed by atoms with E-state index in [2.05, 4.69) is 10.4 Å². The molecule has 2 rings (SSSR count). The number of nitrogens with zero attached hydrogens (tertiary/aromatic N) is 2. The maximum atomic E-state index is 13.4. The van der Waals surface area contributed by atoms with Crippen molar-refractivity contribution in [2.24, 2.45) is 0 Å². The second-order valence-corrected chi connectivity index (χ2v) is 4.89. The van der Waals surface area contributed by atoms with Crippen molar-refractivity contribution in [2.45, 2.75) is 26.9 Å². The summed E-state index contributed by atoms with van der Waals surface area (Å²) in [5, 5.41) is 7.40. The number of aryl methyl sites for hydroxylation is 1. The molecule has 6 heteroatoms. The van der Waals surface area contributed by atoms with Crippen LogP contribution in [-0.4, -0.2) is 15.7 Å². The van der Waals surface area contributed by atoms with E-state index in [1.165, 1.54) is 10.7 Å². The van der Waals surface area contributed by atoms with Gasteiger partial charge in [-0.05, 0) is 19.9 Å². The average molecular weight is 296 g/mol. The fourth-order valence-corrected chi connectivity index (χ4v) is 1.99. The molecule has 2 aromatic rings. The minimum atomic E-state index is -0.332. The first kappa shape index (κ1) is 14.5. The molecule has 1 N–H and O–H groups in total. The van der Waals surface area contributed by atoms with E-state index in [1.807, 2.05) is 0 Å². The molecule has 0 saturated carbocycles. The first-order valence-corrected chi connectivity index (χ1v) is 6.56. The zero-order valence-electron chi connectivity index (χ0n) is 11.3. The largest absolute Gasteiger partial charge is 0.350 e. The van der Waals surface area contributed by atoms with Gasteiger partial charge in [-0.3, -0.25) is 9.48 Å². The van der Waals surface area contributed by atoms with E-state index >= 15 is 0 Å². The van der Waals surface area contributed by atoms with Crippen LogP contribution in [0.2, 0.25) is 5.02 Å². The normalized spacial score (nSPS) is 10.6. The van der Waals surface area contributed by atoms with Crippen molar-refractivity contribution in [1.29, 1.82) is 0 Å². The molecule has 0 spiro atoms. The highest BCUT2D eigenvalue weighted by atomic mass is 35.5. The number of hydrogen-bond acceptors (Lipinski definition) is 2. The summed E-state index contributed by atoms with van der Waals surface area (Å²) >= 11 is 6.01. The monoisotopic (exact) mass is 295 g/mol. The quantitative estimate of drug-likeness (QED) is 0.942. The molecule has 1 aromatic heterocycles. The Kier molecular flexibility index (Phi) is 4.39. The smallest absolute Gasteiger partial charge is 0.242 e. The lowest BCUT2D eigenvalue weighted by Gasteiger charge is -2.07. The molecule has 0 aliphatic heterocycles. The van der Waals surface area contributed by atoms with E-state index in [1.54, 1.807) is 32.0 Å². The molecule has 1 aromatic carbocycles. The average Bonchev–Trinajstić information content (AvgIpc) is 2.65. The van der Waals surface area contributed by atoms with Crippen LogP contribution in [0.3, 0.4) is 0 Å². The van der Waals surface area contributed by atoms with Gasteiger partial charge in [0.2, 0.25) is 5.91 Å². The SMILES string of the molecule is Cc1nn(CC(=O)NCc2ccccc2F)c(C)c1Cl. The van der Waals surface area contributed by atoms with Crippen LogP contribution in [0.1, 0.15) is 17.0 Å². The summed E-state index contributed by atoms with van der Waals surface area (Å²) in [6.07, 6.45) is 0. The Bertz CT molecular complexity index is 639. The molecule has 1 amide bonds. The standard InChI is InChI=1S/C14H15ClFN3O/c1-9-14(15)10(2)19(18-9)8-13(20)17-7-11-5-3-4-6-12(11)16/h3-6H,7-8H2,1-2H3,(H,17,20). The third-order valence-electron chi connectivity index (χ3n) is 3.02. The predicted molar refractivity (Wildman–Crippen MR) is 75.0 cm³/mol. The minimum Gasteiger partial charge on any atom is -0.350 e. The van der Waals surface area contributed by atoms with Gasteiger partial charge in [-0.1, -0.05) is 29.8 Å². The van der Waals surface area contributed by atoms with Crippen molar-refractivity contribution in [3.8, 4) is 0 Å². The van der Waals surface area contributed by atoms with Crippen LogP contribution in [0.25, 0.3) is 0 Å². The lowest BCUT2D eigenvalue weighted by Crippen LogP contribution is -2.28. The minimum absolute atomic E-state index is 0.0633. The van der Waals surface area contributed by atoms with Gasteiger partial charge >= 0.3 is 0 Å². The van der Waals surface area contributed by atoms with Crippen LogP contribution in [0.15, 0.2) is 24.3 Å². The van der Waals surface area contributed by atoms with E-state index < -0.39 is 0 Å². The Balaban J connectivity index is 1.96. The fraction of sp³-hybridized carbons (Fsp3) is 0.286. The lowest BCUT2D eigenvalue weighted by atomic mass is 10.2. The van der Waals surface area contributed by atoms with E-state index in [4.69, 9.17) is 11.6 Å². The molecular formula is C14H15ClFN3O. The number of rotatable bonds is 4. The Hall–Kier alpha value is -1.88. The number of amides is 1. The molecule has 0 aliphatic carbocycles. The third kappa shape index (κ3) is 3.17. The van der Waals surface area contributed by atoms with Gasteiger partial charge in [-0.15, -0.1) is 0 Å². The second kappa shape index (κ2) is 6.05. The fourth-order valence-electron chi connectivity index (χ4n) is 1.86. The molecular weight excluding hydrogens is 281 g/mol. The van der Waals surface area contributed by atoms with Crippen molar-refractivity contribution in [3.05, 3.63) is 52.1 Å². The van der Waals surface area contributed by atoms with Gasteiger partial charge in [-0.2, -0.15) is 5.10 Å². The summed E-state index contributed by atoms with van der Waals surface area (Å²) < 4.78 is 14.9. The first-order valence-electron chi connectivity index (χ1n) is 6.18. The van der Waals surface area contributed by atoms with Crippen LogP contribution in [0.4, 0.5) is 4.39 Å². The van der Waals surface area contributed by atoms with Gasteiger partial charge in [0.1, 0.15) is 12.4 Å². The van der Waals surface area contributed by atoms with Crippen LogP contribution in [0.5, 0.6) is 0 Å². The highest BCUT2D eigenvalue weighted by Crippen LogP contribution is 2.18. The molecule has 106 valence electrons. The number of carbonyl (C=O) groups excluding carboxylic acids is 1. The van der Waals surface area contributed by atoms with Gasteiger partial charge in [0.15, 0.2) is 0 Å². The maximum absolute atomic E-state index is 13.4. The summed E-state index contributed by atoms with van der Waals surface area (Å²) in [5.41, 5.74) is 1.88. The van der Waals surface area contributed by atoms with Gasteiger partial charge in [0.25, 0.3) is 0 Å². The van der Waals surface area contributed by atoms with E-state index in [9.17, 15) is 9.18 Å². The third-order valence-corrected chi connectivity index (χ3v) is 3.57. The second-order valence-electron chi connectivity index (χ2n) is 4.51. The lowest BCUT2D eigenvalue weighted by molar-refractivity contribution is -0.122. The molecule has 20 heavy (non-hydrogen) atoms. The summed E-state index contributed by atoms with van der Waals surface area (Å²) in [6, 6.07) is 6.34. The summed E-state index contributed by atoms with van der Waals surface area (Å²) in [4.78, 5) is 11.8. The number of halogens is 2. The molecule has 0 fully saturated rings. The molecule has 1 heterocycles. The van der Waals surface area contributed by atoms with E-state index in [-0.39, 0.29) is 24.8 Å². The van der Waals surface area contributed by atoms with Crippen molar-refractivity contribution < 1.29 is 9.18 Å². The molecule has 0 radical (unpaired) electrons. The Morgan fingerprint density at radius 3 is 2.70 bits per heavy atom. The number of hydrogen-bond donors (Lipinski definition) is 1. The van der Waals surface area contributed by atoms with Crippen LogP contribution >= 0.6 is 11.6 Å². The molecule has 0 unspecified atom stereocenters. The Morgan fingerprint density at radius 2 is 2.10 bits per heavy atom. The summed E-state index contributed by atoms with van der Waals surface area (Å²) in [7, 11) is 0. The number of nitrogens with one attached hydrogen (secondary N) is 1. The molecule has 4 nitrogen and oxygen atoms in total. The first-order chi connectivity index (χ1) is 9.49. The molecule has 0 atom stereocenters. The molecule has 0 saturated heterocycles. The molecule has 0 bridgehead atoms. The zero-order chi connectivity index (χ0) is 14.7. The Morgan fingerprint density at radius 1 is 1.40 bits per heavy atom. The number of carbonyl (C=O) groups is 1. The molecule has 0 aliphatic rings. The zero-order valence-corrected chi connectivity index (χ0v) is 12.0. The van der Waals surface area contributed by atoms with Gasteiger partial charge < -0.3 is 5.32 Å². The van der Waals surface area contributed by atoms with Gasteiger partial charge in [0, 0.05) is 12.1 Å². The Labute approximate surface area is 121 Å². The number of benzene rings is 1. The van der Waals surface area contributed by atoms with Gasteiger partial charge in [0.05, 0.1) is 16.4 Å². The number of aromatic nitrogens is 2. The van der Waals surface area contributed by atoms with Crippen LogP contribution in [0, 0.1) is 19.7 Å². The van der Waals surface area contributed by atoms with Crippen LogP contribution < -0.4 is 5.32 Å². The van der Waals surface area contributed by atoms with Crippen molar-refractivity contribution in [1.82, 2.24) is 15.1 Å². The van der Waals surface area contributed by atoms with Gasteiger partial charge in [-0.25, -0.2) is 4.39 Å². The highest BCUT2D eigenvalue weighted by Gasteiger charge is 2.12. The van der Waals surface area contributed by atoms with Crippen molar-refractivity contribution in [2.75, 3.05) is 0 Å². The van der Waals surface area contributed by atoms with Crippen molar-refractivity contribution >= 4 is 17.5 Å². The van der Waals surface area contributed by atoms with Crippen molar-refractivity contribution in [3.63, 3.8) is 0 Å². The predicted octanol–water partition coefficient (Wildman–Crippen LogP) is 2.61. The maximum Gasteiger partial charge on any atom is 0.242 e. The van der Waals surface area contributed by atoms with Crippen LogP contribution in [-0.2, 0) is 17.9 Å². The topological polar surface area (TPSA) is 46.9 Å². The summed E-state index contributed by atoms with van der Waals surface area (Å²) in [5.74, 6) is -0.572. The summed E-state index contributed by atoms with van der Waals surface area (Å²) in [6.45, 7) is 3.79. The van der Waals surface area contributed by atoms with E-state index in [0.29, 0.717) is 16.3 Å².